The second-order valence-electron chi connectivity index (χ2n) is 11.9. The van der Waals surface area contributed by atoms with Crippen LogP contribution in [0.25, 0.3) is 0 Å². The van der Waals surface area contributed by atoms with E-state index in [1.54, 1.807) is 11.0 Å². The minimum atomic E-state index is -1.21. The van der Waals surface area contributed by atoms with Crippen LogP contribution in [-0.4, -0.2) is 78.5 Å². The molecule has 1 aromatic rings. The lowest BCUT2D eigenvalue weighted by atomic mass is 9.73. The zero-order valence-electron chi connectivity index (χ0n) is 23.0. The number of halogens is 2. The summed E-state index contributed by atoms with van der Waals surface area (Å²) >= 11 is 5.90. The summed E-state index contributed by atoms with van der Waals surface area (Å²) in [5.74, 6) is -2.31. The summed E-state index contributed by atoms with van der Waals surface area (Å²) < 4.78 is 20.1. The number of rotatable bonds is 8. The van der Waals surface area contributed by atoms with E-state index in [0.717, 1.165) is 25.8 Å². The van der Waals surface area contributed by atoms with Gasteiger partial charge in [0.1, 0.15) is 17.5 Å². The maximum atomic E-state index is 14.0. The Bertz CT molecular complexity index is 1180. The maximum Gasteiger partial charge on any atom is 0.246 e. The lowest BCUT2D eigenvalue weighted by Gasteiger charge is -2.38. The maximum absolute atomic E-state index is 14.0. The molecule has 10 heteroatoms. The van der Waals surface area contributed by atoms with Gasteiger partial charge in [-0.25, -0.2) is 4.39 Å². The molecule has 2 bridgehead atoms. The highest BCUT2D eigenvalue weighted by atomic mass is 35.5. The van der Waals surface area contributed by atoms with Crippen LogP contribution >= 0.6 is 11.6 Å². The van der Waals surface area contributed by atoms with Crippen molar-refractivity contribution in [3.05, 3.63) is 41.2 Å². The van der Waals surface area contributed by atoms with Crippen molar-refractivity contribution in [2.45, 2.75) is 63.3 Å². The topological polar surface area (TPSA) is 91.0 Å². The minimum absolute atomic E-state index is 0.0281. The number of carbonyl (C=O) groups excluding carboxylic acids is 3. The molecule has 1 saturated carbocycles. The fraction of sp³-hybridized carbons (Fsp3) is 0.621. The predicted molar refractivity (Wildman–Crippen MR) is 147 cm³/mol. The van der Waals surface area contributed by atoms with Crippen LogP contribution in [0.2, 0.25) is 5.02 Å². The normalized spacial score (nSPS) is 35.0. The molecule has 0 aromatic heterocycles. The Hall–Kier alpha value is -2.49. The van der Waals surface area contributed by atoms with E-state index < -0.39 is 41.3 Å². The lowest BCUT2D eigenvalue weighted by Crippen LogP contribution is -2.58. The molecule has 8 nitrogen and oxygen atoms in total. The van der Waals surface area contributed by atoms with E-state index in [-0.39, 0.29) is 22.9 Å². The number of hydrogen-bond acceptors (Lipinski definition) is 5. The average Bonchev–Trinajstić information content (AvgIpc) is 3.51. The first-order valence-electron chi connectivity index (χ1n) is 13.9. The Morgan fingerprint density at radius 3 is 2.72 bits per heavy atom. The fourth-order valence-electron chi connectivity index (χ4n) is 6.91. The molecular weight excluding hydrogens is 523 g/mol. The molecule has 3 aliphatic heterocycles. The Labute approximate surface area is 234 Å². The van der Waals surface area contributed by atoms with E-state index in [1.807, 2.05) is 25.1 Å². The molecular formula is C29H38ClFN4O4. The summed E-state index contributed by atoms with van der Waals surface area (Å²) in [6.45, 7) is 5.52. The van der Waals surface area contributed by atoms with Crippen LogP contribution in [0.15, 0.2) is 30.4 Å². The monoisotopic (exact) mass is 560 g/mol. The molecule has 2 N–H and O–H groups in total. The molecule has 2 saturated heterocycles. The smallest absolute Gasteiger partial charge is 0.246 e. The molecule has 39 heavy (non-hydrogen) atoms. The first kappa shape index (κ1) is 28.1. The molecule has 4 aliphatic rings. The number of fused-ring (bicyclic) bond motifs is 1. The fourth-order valence-corrected chi connectivity index (χ4v) is 7.09. The van der Waals surface area contributed by atoms with E-state index in [9.17, 15) is 18.8 Å². The highest BCUT2D eigenvalue weighted by Crippen LogP contribution is 2.55. The van der Waals surface area contributed by atoms with E-state index >= 15 is 0 Å². The second-order valence-corrected chi connectivity index (χ2v) is 12.3. The van der Waals surface area contributed by atoms with Gasteiger partial charge in [0, 0.05) is 18.3 Å². The van der Waals surface area contributed by atoms with E-state index in [2.05, 4.69) is 24.5 Å². The molecule has 3 fully saturated rings. The number of hydrogen-bond donors (Lipinski definition) is 2. The van der Waals surface area contributed by atoms with Gasteiger partial charge in [-0.2, -0.15) is 0 Å². The van der Waals surface area contributed by atoms with Gasteiger partial charge in [-0.3, -0.25) is 14.4 Å². The first-order valence-corrected chi connectivity index (χ1v) is 14.3. The number of carbonyl (C=O) groups is 3. The van der Waals surface area contributed by atoms with E-state index in [0.29, 0.717) is 30.5 Å². The molecule has 1 spiro atoms. The van der Waals surface area contributed by atoms with Gasteiger partial charge in [-0.05, 0) is 63.5 Å². The number of amides is 3. The minimum Gasteiger partial charge on any atom is -0.359 e. The summed E-state index contributed by atoms with van der Waals surface area (Å²) in [5.41, 5.74) is -0.884. The van der Waals surface area contributed by atoms with E-state index in [4.69, 9.17) is 16.3 Å². The third-order valence-electron chi connectivity index (χ3n) is 9.15. The van der Waals surface area contributed by atoms with Crippen molar-refractivity contribution in [1.82, 2.24) is 15.1 Å². The van der Waals surface area contributed by atoms with Crippen molar-refractivity contribution in [3.8, 4) is 0 Å². The molecule has 8 atom stereocenters. The van der Waals surface area contributed by atoms with Crippen molar-refractivity contribution in [2.24, 2.45) is 23.7 Å². The number of anilines is 1. The Morgan fingerprint density at radius 1 is 1.23 bits per heavy atom. The number of likely N-dealkylation sites (tertiary alicyclic amines) is 1. The van der Waals surface area contributed by atoms with Gasteiger partial charge in [0.25, 0.3) is 0 Å². The zero-order chi connectivity index (χ0) is 28.1. The molecule has 212 valence electrons. The van der Waals surface area contributed by atoms with Crippen molar-refractivity contribution in [3.63, 3.8) is 0 Å². The van der Waals surface area contributed by atoms with Gasteiger partial charge in [-0.15, -0.1) is 0 Å². The quantitative estimate of drug-likeness (QED) is 0.475. The molecule has 1 aliphatic carbocycles. The average molecular weight is 561 g/mol. The molecule has 3 amide bonds. The highest BCUT2D eigenvalue weighted by Gasteiger charge is 2.72. The summed E-state index contributed by atoms with van der Waals surface area (Å²) in [6, 6.07) is 3.10. The largest absolute Gasteiger partial charge is 0.359 e. The van der Waals surface area contributed by atoms with Gasteiger partial charge in [0.05, 0.1) is 23.0 Å². The standard InChI is InChI=1S/C29H38ClFN4O4/c1-16-7-5-8-21(17(16)2)33-27(37)25-29-12-11-22(39-29)23(24(29)28(38)35(25)14-6-13-34(3)4)26(36)32-18-9-10-20(31)19(30)15-18/h9-12,15-17,21-25H,5-8,13-14H2,1-4H3,(H,32,36)(H,33,37)/t16-,17-,21+,22-,23-,24-,25+,29+/m1/s1. The van der Waals surface area contributed by atoms with Crippen LogP contribution in [0.3, 0.4) is 0 Å². The first-order chi connectivity index (χ1) is 18.5. The third-order valence-corrected chi connectivity index (χ3v) is 9.44. The van der Waals surface area contributed by atoms with E-state index in [1.165, 1.54) is 18.2 Å². The van der Waals surface area contributed by atoms with Gasteiger partial charge >= 0.3 is 0 Å². The number of nitrogens with zero attached hydrogens (tertiary/aromatic N) is 2. The third kappa shape index (κ3) is 4.98. The summed E-state index contributed by atoms with van der Waals surface area (Å²) in [7, 11) is 3.93. The molecule has 0 radical (unpaired) electrons. The van der Waals surface area contributed by atoms with Gasteiger partial charge in [0.2, 0.25) is 17.7 Å². The van der Waals surface area contributed by atoms with Crippen LogP contribution in [0.4, 0.5) is 10.1 Å². The summed E-state index contributed by atoms with van der Waals surface area (Å²) in [6.07, 6.45) is 6.75. The molecule has 0 unspecified atom stereocenters. The second kappa shape index (κ2) is 10.8. The van der Waals surface area contributed by atoms with Crippen LogP contribution in [0.1, 0.15) is 39.5 Å². The summed E-state index contributed by atoms with van der Waals surface area (Å²) in [4.78, 5) is 45.2. The zero-order valence-corrected chi connectivity index (χ0v) is 23.7. The SMILES string of the molecule is C[C@@H]1[C@H](C)CCC[C@@H]1NC(=O)[C@@H]1N(CCCN(C)C)C(=O)[C@H]2[C@H](C(=O)Nc3ccc(F)c(Cl)c3)[C@H]3C=C[C@@]12O3. The highest BCUT2D eigenvalue weighted by molar-refractivity contribution is 6.31. The molecule has 3 heterocycles. The van der Waals surface area contributed by atoms with Gasteiger partial charge < -0.3 is 25.2 Å². The van der Waals surface area contributed by atoms with Crippen molar-refractivity contribution < 1.29 is 23.5 Å². The molecule has 5 rings (SSSR count). The predicted octanol–water partition coefficient (Wildman–Crippen LogP) is 3.46. The number of ether oxygens (including phenoxy) is 1. The van der Waals surface area contributed by atoms with Crippen LogP contribution in [0.5, 0.6) is 0 Å². The van der Waals surface area contributed by atoms with Crippen molar-refractivity contribution >= 4 is 35.0 Å². The lowest BCUT2D eigenvalue weighted by molar-refractivity contribution is -0.141. The van der Waals surface area contributed by atoms with Crippen LogP contribution < -0.4 is 10.6 Å². The number of benzene rings is 1. The summed E-state index contributed by atoms with van der Waals surface area (Å²) in [5, 5.41) is 5.94. The van der Waals surface area contributed by atoms with Gasteiger partial charge in [-0.1, -0.05) is 50.4 Å². The molecule has 1 aromatic carbocycles. The Morgan fingerprint density at radius 2 is 2.00 bits per heavy atom. The van der Waals surface area contributed by atoms with Crippen LogP contribution in [-0.2, 0) is 19.1 Å². The van der Waals surface area contributed by atoms with Crippen LogP contribution in [0, 0.1) is 29.5 Å². The van der Waals surface area contributed by atoms with Crippen molar-refractivity contribution in [2.75, 3.05) is 32.5 Å². The Kier molecular flexibility index (Phi) is 7.79. The number of nitrogens with one attached hydrogen (secondary N) is 2. The van der Waals surface area contributed by atoms with Crippen molar-refractivity contribution in [1.29, 1.82) is 0 Å². The van der Waals surface area contributed by atoms with Gasteiger partial charge in [0.15, 0.2) is 0 Å². The Balaban J connectivity index is 1.42.